The predicted molar refractivity (Wildman–Crippen MR) is 27.1 cm³/mol. The van der Waals surface area contributed by atoms with Gasteiger partial charge in [0, 0.05) is 19.3 Å². The van der Waals surface area contributed by atoms with Crippen LogP contribution in [0.3, 0.4) is 0 Å². The third-order valence-electron chi connectivity index (χ3n) is 0.383. The van der Waals surface area contributed by atoms with E-state index in [-0.39, 0.29) is 5.91 Å². The van der Waals surface area contributed by atoms with E-state index in [0.29, 0.717) is 0 Å². The van der Waals surface area contributed by atoms with Crippen LogP contribution in [0, 0.1) is 0 Å². The monoisotopic (exact) mass is 100 g/mol. The SMILES string of the molecule is CC(=O)N/C=C/N. The van der Waals surface area contributed by atoms with Gasteiger partial charge >= 0.3 is 0 Å². The molecule has 0 bridgehead atoms. The molecule has 0 saturated heterocycles. The second kappa shape index (κ2) is 3.21. The summed E-state index contributed by atoms with van der Waals surface area (Å²) < 4.78 is 0. The number of nitrogens with one attached hydrogen (secondary N) is 1. The van der Waals surface area contributed by atoms with Gasteiger partial charge in [0.15, 0.2) is 0 Å². The average Bonchev–Trinajstić information content (AvgIpc) is 1.61. The molecular formula is C4H8N2O. The van der Waals surface area contributed by atoms with Crippen LogP contribution in [0.15, 0.2) is 12.4 Å². The van der Waals surface area contributed by atoms with Crippen molar-refractivity contribution >= 4 is 5.91 Å². The van der Waals surface area contributed by atoms with Crippen LogP contribution >= 0.6 is 0 Å². The van der Waals surface area contributed by atoms with Crippen LogP contribution in [0.4, 0.5) is 0 Å². The first-order valence-corrected chi connectivity index (χ1v) is 1.91. The summed E-state index contributed by atoms with van der Waals surface area (Å²) in [6.07, 6.45) is 2.64. The normalized spacial score (nSPS) is 9.29. The predicted octanol–water partition coefficient (Wildman–Crippen LogP) is -0.448. The highest BCUT2D eigenvalue weighted by Crippen LogP contribution is 1.57. The fraction of sp³-hybridized carbons (Fsp3) is 0.250. The van der Waals surface area contributed by atoms with E-state index < -0.39 is 0 Å². The third kappa shape index (κ3) is 5.01. The molecule has 0 heterocycles. The number of carbonyl (C=O) groups is 1. The Balaban J connectivity index is 3.14. The molecule has 0 radical (unpaired) electrons. The Hall–Kier alpha value is -0.990. The molecule has 0 aliphatic carbocycles. The number of nitrogens with two attached hydrogens (primary N) is 1. The van der Waals surface area contributed by atoms with Gasteiger partial charge in [-0.25, -0.2) is 0 Å². The van der Waals surface area contributed by atoms with Gasteiger partial charge in [-0.05, 0) is 0 Å². The lowest BCUT2D eigenvalue weighted by Gasteiger charge is -1.85. The molecule has 3 N–H and O–H groups in total. The van der Waals surface area contributed by atoms with Crippen LogP contribution in [0.1, 0.15) is 6.92 Å². The fourth-order valence-corrected chi connectivity index (χ4v) is 0.165. The Bertz CT molecular complexity index is 87.7. The van der Waals surface area contributed by atoms with Gasteiger partial charge in [0.1, 0.15) is 0 Å². The second-order valence-corrected chi connectivity index (χ2v) is 1.06. The molecule has 0 atom stereocenters. The number of hydrogen-bond acceptors (Lipinski definition) is 2. The number of rotatable bonds is 1. The number of carbonyl (C=O) groups excluding carboxylic acids is 1. The lowest BCUT2D eigenvalue weighted by molar-refractivity contribution is -0.118. The van der Waals surface area contributed by atoms with Crippen molar-refractivity contribution in [2.75, 3.05) is 0 Å². The van der Waals surface area contributed by atoms with Gasteiger partial charge in [0.05, 0.1) is 0 Å². The summed E-state index contributed by atoms with van der Waals surface area (Å²) in [6, 6.07) is 0. The van der Waals surface area contributed by atoms with E-state index in [1.807, 2.05) is 0 Å². The fourth-order valence-electron chi connectivity index (χ4n) is 0.165. The van der Waals surface area contributed by atoms with E-state index in [2.05, 4.69) is 5.32 Å². The molecule has 7 heavy (non-hydrogen) atoms. The van der Waals surface area contributed by atoms with Gasteiger partial charge in [-0.15, -0.1) is 0 Å². The molecule has 3 nitrogen and oxygen atoms in total. The summed E-state index contributed by atoms with van der Waals surface area (Å²) in [5.41, 5.74) is 4.88. The molecular weight excluding hydrogens is 92.1 g/mol. The topological polar surface area (TPSA) is 55.1 Å². The van der Waals surface area contributed by atoms with E-state index in [4.69, 9.17) is 5.73 Å². The first-order valence-electron chi connectivity index (χ1n) is 1.91. The van der Waals surface area contributed by atoms with Crippen molar-refractivity contribution in [2.45, 2.75) is 6.92 Å². The molecule has 0 fully saturated rings. The molecule has 0 unspecified atom stereocenters. The van der Waals surface area contributed by atoms with Crippen molar-refractivity contribution in [3.8, 4) is 0 Å². The molecule has 0 aromatic carbocycles. The van der Waals surface area contributed by atoms with Crippen molar-refractivity contribution in [1.29, 1.82) is 0 Å². The van der Waals surface area contributed by atoms with E-state index >= 15 is 0 Å². The zero-order chi connectivity index (χ0) is 5.70. The first-order chi connectivity index (χ1) is 3.27. The second-order valence-electron chi connectivity index (χ2n) is 1.06. The molecule has 0 rings (SSSR count). The molecule has 0 spiro atoms. The molecule has 40 valence electrons. The maximum absolute atomic E-state index is 9.98. The highest BCUT2D eigenvalue weighted by atomic mass is 16.1. The van der Waals surface area contributed by atoms with Crippen LogP contribution in [-0.4, -0.2) is 5.91 Å². The maximum atomic E-state index is 9.98. The first kappa shape index (κ1) is 6.01. The standard InChI is InChI=1S/C4H8N2O/c1-4(7)6-3-2-5/h2-3H,5H2,1H3,(H,6,7)/b3-2+. The van der Waals surface area contributed by atoms with E-state index in [1.54, 1.807) is 0 Å². The van der Waals surface area contributed by atoms with Crippen LogP contribution in [0.2, 0.25) is 0 Å². The van der Waals surface area contributed by atoms with Gasteiger partial charge in [-0.3, -0.25) is 4.79 Å². The van der Waals surface area contributed by atoms with Gasteiger partial charge in [0.25, 0.3) is 0 Å². The van der Waals surface area contributed by atoms with Crippen molar-refractivity contribution in [3.05, 3.63) is 12.4 Å². The highest BCUT2D eigenvalue weighted by molar-refractivity contribution is 5.73. The van der Waals surface area contributed by atoms with Gasteiger partial charge in [-0.1, -0.05) is 0 Å². The lowest BCUT2D eigenvalue weighted by atomic mass is 10.7. The van der Waals surface area contributed by atoms with Gasteiger partial charge in [-0.2, -0.15) is 0 Å². The van der Waals surface area contributed by atoms with Crippen molar-refractivity contribution in [2.24, 2.45) is 5.73 Å². The van der Waals surface area contributed by atoms with Crippen LogP contribution in [0.5, 0.6) is 0 Å². The summed E-state index contributed by atoms with van der Waals surface area (Å²) >= 11 is 0. The molecule has 0 aromatic heterocycles. The largest absolute Gasteiger partial charge is 0.403 e. The minimum absolute atomic E-state index is 0.110. The summed E-state index contributed by atoms with van der Waals surface area (Å²) in [6.45, 7) is 1.42. The van der Waals surface area contributed by atoms with Crippen LogP contribution < -0.4 is 11.1 Å². The Labute approximate surface area is 42.2 Å². The van der Waals surface area contributed by atoms with Gasteiger partial charge in [0.2, 0.25) is 5.91 Å². The smallest absolute Gasteiger partial charge is 0.220 e. The maximum Gasteiger partial charge on any atom is 0.220 e. The zero-order valence-corrected chi connectivity index (χ0v) is 4.14. The molecule has 3 heteroatoms. The third-order valence-corrected chi connectivity index (χ3v) is 0.383. The van der Waals surface area contributed by atoms with Gasteiger partial charge < -0.3 is 11.1 Å². The van der Waals surface area contributed by atoms with E-state index in [1.165, 1.54) is 19.3 Å². The molecule has 0 aliphatic heterocycles. The van der Waals surface area contributed by atoms with Crippen LogP contribution in [-0.2, 0) is 4.79 Å². The average molecular weight is 100 g/mol. The summed E-state index contributed by atoms with van der Waals surface area (Å²) in [5, 5.41) is 2.35. The Morgan fingerprint density at radius 2 is 2.43 bits per heavy atom. The summed E-state index contributed by atoms with van der Waals surface area (Å²) in [7, 11) is 0. The minimum atomic E-state index is -0.110. The van der Waals surface area contributed by atoms with Crippen molar-refractivity contribution in [1.82, 2.24) is 5.32 Å². The quantitative estimate of drug-likeness (QED) is 0.469. The Morgan fingerprint density at radius 3 is 2.57 bits per heavy atom. The lowest BCUT2D eigenvalue weighted by Crippen LogP contribution is -2.11. The molecule has 0 saturated carbocycles. The number of hydrogen-bond donors (Lipinski definition) is 2. The van der Waals surface area contributed by atoms with Crippen LogP contribution in [0.25, 0.3) is 0 Å². The Morgan fingerprint density at radius 1 is 1.86 bits per heavy atom. The summed E-state index contributed by atoms with van der Waals surface area (Å²) in [5.74, 6) is -0.110. The van der Waals surface area contributed by atoms with E-state index in [0.717, 1.165) is 0 Å². The zero-order valence-electron chi connectivity index (χ0n) is 4.14. The highest BCUT2D eigenvalue weighted by Gasteiger charge is 1.77. The van der Waals surface area contributed by atoms with Crippen molar-refractivity contribution < 1.29 is 4.79 Å². The molecule has 0 aromatic rings. The minimum Gasteiger partial charge on any atom is -0.403 e. The number of amides is 1. The molecule has 0 aliphatic rings. The van der Waals surface area contributed by atoms with E-state index in [9.17, 15) is 4.79 Å². The summed E-state index contributed by atoms with van der Waals surface area (Å²) in [4.78, 5) is 9.98. The Kier molecular flexibility index (Phi) is 2.76. The molecule has 1 amide bonds. The van der Waals surface area contributed by atoms with Crippen molar-refractivity contribution in [3.63, 3.8) is 0 Å².